The Kier molecular flexibility index (Phi) is 5.22. The molecular formula is C13H26O3. The summed E-state index contributed by atoms with van der Waals surface area (Å²) in [7, 11) is 0. The molecule has 1 aliphatic carbocycles. The molecule has 0 heterocycles. The zero-order valence-corrected chi connectivity index (χ0v) is 11.0. The van der Waals surface area contributed by atoms with Crippen molar-refractivity contribution in [2.45, 2.75) is 65.3 Å². The maximum atomic E-state index is 10.1. The van der Waals surface area contributed by atoms with E-state index in [0.29, 0.717) is 13.2 Å². The Morgan fingerprint density at radius 2 is 2.00 bits per heavy atom. The van der Waals surface area contributed by atoms with E-state index in [9.17, 15) is 5.11 Å². The summed E-state index contributed by atoms with van der Waals surface area (Å²) in [6.45, 7) is 9.43. The fraction of sp³-hybridized carbons (Fsp3) is 1.00. The van der Waals surface area contributed by atoms with Crippen LogP contribution in [0.1, 0.15) is 47.0 Å². The Hall–Kier alpha value is -0.120. The summed E-state index contributed by atoms with van der Waals surface area (Å²) in [6.07, 6.45) is 3.07. The van der Waals surface area contributed by atoms with Crippen LogP contribution in [0.4, 0.5) is 0 Å². The van der Waals surface area contributed by atoms with Crippen LogP contribution in [0.3, 0.4) is 0 Å². The molecule has 1 N–H and O–H groups in total. The predicted octanol–water partition coefficient (Wildman–Crippen LogP) is 2.37. The van der Waals surface area contributed by atoms with Crippen molar-refractivity contribution >= 4 is 0 Å². The minimum atomic E-state index is -0.347. The van der Waals surface area contributed by atoms with Gasteiger partial charge in [-0.05, 0) is 32.1 Å². The molecular weight excluding hydrogens is 204 g/mol. The smallest absolute Gasteiger partial charge is 0.0852 e. The van der Waals surface area contributed by atoms with Crippen molar-refractivity contribution in [2.75, 3.05) is 13.2 Å². The van der Waals surface area contributed by atoms with Crippen LogP contribution in [-0.4, -0.2) is 36.6 Å². The lowest BCUT2D eigenvalue weighted by atomic mass is 9.73. The van der Waals surface area contributed by atoms with Crippen molar-refractivity contribution in [1.82, 2.24) is 0 Å². The summed E-state index contributed by atoms with van der Waals surface area (Å²) in [5, 5.41) is 10.1. The van der Waals surface area contributed by atoms with E-state index in [4.69, 9.17) is 9.47 Å². The molecule has 1 aliphatic rings. The Labute approximate surface area is 99.1 Å². The molecule has 0 aliphatic heterocycles. The molecule has 0 spiro atoms. The summed E-state index contributed by atoms with van der Waals surface area (Å²) >= 11 is 0. The number of aliphatic hydroxyl groups is 1. The molecule has 3 heteroatoms. The first-order chi connectivity index (χ1) is 7.43. The Morgan fingerprint density at radius 3 is 2.62 bits per heavy atom. The monoisotopic (exact) mass is 230 g/mol. The van der Waals surface area contributed by atoms with E-state index in [1.807, 2.05) is 13.8 Å². The molecule has 0 aromatic rings. The first-order valence-corrected chi connectivity index (χ1v) is 6.35. The number of hydrogen-bond acceptors (Lipinski definition) is 3. The molecule has 2 unspecified atom stereocenters. The van der Waals surface area contributed by atoms with Crippen LogP contribution in [0, 0.1) is 5.41 Å². The van der Waals surface area contributed by atoms with Gasteiger partial charge < -0.3 is 14.6 Å². The highest BCUT2D eigenvalue weighted by Gasteiger charge is 2.38. The van der Waals surface area contributed by atoms with Gasteiger partial charge in [0.2, 0.25) is 0 Å². The van der Waals surface area contributed by atoms with E-state index >= 15 is 0 Å². The van der Waals surface area contributed by atoms with Gasteiger partial charge in [-0.15, -0.1) is 0 Å². The van der Waals surface area contributed by atoms with E-state index < -0.39 is 0 Å². The van der Waals surface area contributed by atoms with Crippen molar-refractivity contribution in [2.24, 2.45) is 5.41 Å². The molecule has 0 saturated heterocycles. The highest BCUT2D eigenvalue weighted by Crippen LogP contribution is 2.36. The third-order valence-corrected chi connectivity index (χ3v) is 3.33. The molecule has 0 aromatic heterocycles. The first-order valence-electron chi connectivity index (χ1n) is 6.35. The van der Waals surface area contributed by atoms with Crippen molar-refractivity contribution in [3.63, 3.8) is 0 Å². The van der Waals surface area contributed by atoms with Crippen molar-refractivity contribution in [3.8, 4) is 0 Å². The predicted molar refractivity (Wildman–Crippen MR) is 64.5 cm³/mol. The van der Waals surface area contributed by atoms with E-state index in [1.54, 1.807) is 0 Å². The van der Waals surface area contributed by atoms with Crippen LogP contribution >= 0.6 is 0 Å². The van der Waals surface area contributed by atoms with Crippen molar-refractivity contribution < 1.29 is 14.6 Å². The van der Waals surface area contributed by atoms with Gasteiger partial charge in [-0.1, -0.05) is 20.3 Å². The molecule has 0 bridgehead atoms. The van der Waals surface area contributed by atoms with Crippen LogP contribution in [-0.2, 0) is 9.47 Å². The SMILES string of the molecule is CC(C)OCCOC1CCCC(C)(C)C1O. The summed E-state index contributed by atoms with van der Waals surface area (Å²) in [4.78, 5) is 0. The van der Waals surface area contributed by atoms with Crippen LogP contribution in [0.5, 0.6) is 0 Å². The molecule has 96 valence electrons. The third kappa shape index (κ3) is 4.04. The van der Waals surface area contributed by atoms with Crippen LogP contribution in [0.25, 0.3) is 0 Å². The third-order valence-electron chi connectivity index (χ3n) is 3.33. The molecule has 1 rings (SSSR count). The lowest BCUT2D eigenvalue weighted by Crippen LogP contribution is -2.45. The van der Waals surface area contributed by atoms with E-state index in [2.05, 4.69) is 13.8 Å². The number of ether oxygens (including phenoxy) is 2. The highest BCUT2D eigenvalue weighted by atomic mass is 16.5. The average Bonchev–Trinajstić information content (AvgIpc) is 2.18. The molecule has 1 fully saturated rings. The second-order valence-electron chi connectivity index (χ2n) is 5.65. The Balaban J connectivity index is 2.26. The first kappa shape index (κ1) is 13.9. The molecule has 3 nitrogen and oxygen atoms in total. The Bertz CT molecular complexity index is 201. The quantitative estimate of drug-likeness (QED) is 0.737. The molecule has 0 aromatic carbocycles. The summed E-state index contributed by atoms with van der Waals surface area (Å²) < 4.78 is 11.1. The van der Waals surface area contributed by atoms with Crippen LogP contribution < -0.4 is 0 Å². The van der Waals surface area contributed by atoms with Gasteiger partial charge in [0.15, 0.2) is 0 Å². The fourth-order valence-electron chi connectivity index (χ4n) is 2.23. The molecule has 1 saturated carbocycles. The second-order valence-corrected chi connectivity index (χ2v) is 5.65. The van der Waals surface area contributed by atoms with Gasteiger partial charge in [0.05, 0.1) is 31.5 Å². The van der Waals surface area contributed by atoms with E-state index in [1.165, 1.54) is 0 Å². The summed E-state index contributed by atoms with van der Waals surface area (Å²) in [6, 6.07) is 0. The molecule has 2 atom stereocenters. The van der Waals surface area contributed by atoms with Gasteiger partial charge in [-0.2, -0.15) is 0 Å². The average molecular weight is 230 g/mol. The molecule has 16 heavy (non-hydrogen) atoms. The molecule has 0 amide bonds. The van der Waals surface area contributed by atoms with Gasteiger partial charge in [-0.3, -0.25) is 0 Å². The van der Waals surface area contributed by atoms with Crippen LogP contribution in [0.15, 0.2) is 0 Å². The largest absolute Gasteiger partial charge is 0.390 e. The lowest BCUT2D eigenvalue weighted by molar-refractivity contribution is -0.122. The highest BCUT2D eigenvalue weighted by molar-refractivity contribution is 4.88. The van der Waals surface area contributed by atoms with Gasteiger partial charge >= 0.3 is 0 Å². The number of rotatable bonds is 5. The van der Waals surface area contributed by atoms with Crippen molar-refractivity contribution in [1.29, 1.82) is 0 Å². The minimum Gasteiger partial charge on any atom is -0.390 e. The maximum Gasteiger partial charge on any atom is 0.0852 e. The zero-order valence-electron chi connectivity index (χ0n) is 11.0. The van der Waals surface area contributed by atoms with Gasteiger partial charge in [0, 0.05) is 0 Å². The second kappa shape index (κ2) is 5.99. The van der Waals surface area contributed by atoms with E-state index in [0.717, 1.165) is 19.3 Å². The maximum absolute atomic E-state index is 10.1. The van der Waals surface area contributed by atoms with Gasteiger partial charge in [0.1, 0.15) is 0 Å². The summed E-state index contributed by atoms with van der Waals surface area (Å²) in [5.41, 5.74) is -0.0121. The minimum absolute atomic E-state index is 0.0121. The van der Waals surface area contributed by atoms with Gasteiger partial charge in [0.25, 0.3) is 0 Å². The number of aliphatic hydroxyl groups excluding tert-OH is 1. The van der Waals surface area contributed by atoms with E-state index in [-0.39, 0.29) is 23.7 Å². The Morgan fingerprint density at radius 1 is 1.31 bits per heavy atom. The lowest BCUT2D eigenvalue weighted by Gasteiger charge is -2.40. The summed E-state index contributed by atoms with van der Waals surface area (Å²) in [5.74, 6) is 0. The van der Waals surface area contributed by atoms with Crippen LogP contribution in [0.2, 0.25) is 0 Å². The fourth-order valence-corrected chi connectivity index (χ4v) is 2.23. The normalized spacial score (nSPS) is 29.6. The van der Waals surface area contributed by atoms with Crippen molar-refractivity contribution in [3.05, 3.63) is 0 Å². The molecule has 0 radical (unpaired) electrons. The number of hydrogen-bond donors (Lipinski definition) is 1. The topological polar surface area (TPSA) is 38.7 Å². The zero-order chi connectivity index (χ0) is 12.2. The van der Waals surface area contributed by atoms with Gasteiger partial charge in [-0.25, -0.2) is 0 Å². The standard InChI is InChI=1S/C13H26O3/c1-10(2)15-8-9-16-11-6-5-7-13(3,4)12(11)14/h10-12,14H,5-9H2,1-4H3.